The third-order valence-corrected chi connectivity index (χ3v) is 1.99. The first-order valence-electron chi connectivity index (χ1n) is 3.62. The summed E-state index contributed by atoms with van der Waals surface area (Å²) in [5.74, 6) is -2.54. The lowest BCUT2D eigenvalue weighted by Crippen LogP contribution is -2.04. The molecule has 14 heavy (non-hydrogen) atoms. The third-order valence-electron chi connectivity index (χ3n) is 1.73. The average molecular weight is 214 g/mol. The van der Waals surface area contributed by atoms with E-state index in [1.807, 2.05) is 0 Å². The highest BCUT2D eigenvalue weighted by Crippen LogP contribution is 2.19. The molecule has 1 rings (SSSR count). The molecule has 0 aromatic heterocycles. The Kier molecular flexibility index (Phi) is 3.05. The predicted octanol–water partition coefficient (Wildman–Crippen LogP) is 2.13. The van der Waals surface area contributed by atoms with E-state index in [1.165, 1.54) is 6.07 Å². The van der Waals surface area contributed by atoms with E-state index >= 15 is 0 Å². The number of carbonyl (C=O) groups is 1. The topological polar surface area (TPSA) is 61.1 Å². The molecule has 1 aromatic carbocycles. The van der Waals surface area contributed by atoms with Crippen molar-refractivity contribution in [3.63, 3.8) is 0 Å². The van der Waals surface area contributed by atoms with Gasteiger partial charge in [-0.2, -0.15) is 5.26 Å². The second-order valence-electron chi connectivity index (χ2n) is 2.50. The van der Waals surface area contributed by atoms with Crippen molar-refractivity contribution in [2.45, 2.75) is 5.88 Å². The second kappa shape index (κ2) is 4.07. The Morgan fingerprint density at radius 2 is 2.29 bits per heavy atom. The number of carboxylic acid groups (broad SMARTS) is 1. The van der Waals surface area contributed by atoms with Crippen LogP contribution in [0, 0.1) is 17.1 Å². The highest BCUT2D eigenvalue weighted by molar-refractivity contribution is 6.17. The Morgan fingerprint density at radius 1 is 1.64 bits per heavy atom. The van der Waals surface area contributed by atoms with Crippen molar-refractivity contribution in [2.24, 2.45) is 0 Å². The van der Waals surface area contributed by atoms with Gasteiger partial charge in [0.25, 0.3) is 0 Å². The van der Waals surface area contributed by atoms with Crippen LogP contribution in [0.3, 0.4) is 0 Å². The molecule has 0 aliphatic carbocycles. The number of nitriles is 1. The largest absolute Gasteiger partial charge is 0.478 e. The van der Waals surface area contributed by atoms with Gasteiger partial charge in [0.2, 0.25) is 0 Å². The predicted molar refractivity (Wildman–Crippen MR) is 47.6 cm³/mol. The normalized spacial score (nSPS) is 9.50. The van der Waals surface area contributed by atoms with Crippen molar-refractivity contribution >= 4 is 17.6 Å². The van der Waals surface area contributed by atoms with Crippen molar-refractivity contribution < 1.29 is 14.3 Å². The zero-order chi connectivity index (χ0) is 10.7. The van der Waals surface area contributed by atoms with Gasteiger partial charge in [-0.1, -0.05) is 0 Å². The molecule has 5 heteroatoms. The van der Waals surface area contributed by atoms with E-state index in [0.29, 0.717) is 0 Å². The molecular weight excluding hydrogens is 209 g/mol. The standard InChI is InChI=1S/C9H5ClFNO2/c10-3-7-5(4-12)1-2-6(8(7)11)9(13)14/h1-2H,3H2,(H,13,14). The monoisotopic (exact) mass is 213 g/mol. The van der Waals surface area contributed by atoms with Crippen LogP contribution >= 0.6 is 11.6 Å². The average Bonchev–Trinajstić information content (AvgIpc) is 2.16. The number of aromatic carboxylic acids is 1. The summed E-state index contributed by atoms with van der Waals surface area (Å²) in [7, 11) is 0. The van der Waals surface area contributed by atoms with Crippen LogP contribution in [0.2, 0.25) is 0 Å². The van der Waals surface area contributed by atoms with Gasteiger partial charge in [-0.3, -0.25) is 0 Å². The molecule has 0 radical (unpaired) electrons. The van der Waals surface area contributed by atoms with Gasteiger partial charge in [-0.25, -0.2) is 9.18 Å². The van der Waals surface area contributed by atoms with Crippen LogP contribution in [0.25, 0.3) is 0 Å². The summed E-state index contributed by atoms with van der Waals surface area (Å²) in [5, 5.41) is 17.2. The maximum atomic E-state index is 13.4. The molecule has 1 N–H and O–H groups in total. The second-order valence-corrected chi connectivity index (χ2v) is 2.77. The summed E-state index contributed by atoms with van der Waals surface area (Å²) in [6.07, 6.45) is 0. The zero-order valence-electron chi connectivity index (χ0n) is 6.92. The first-order chi connectivity index (χ1) is 6.61. The summed E-state index contributed by atoms with van der Waals surface area (Å²) in [6.45, 7) is 0. The maximum Gasteiger partial charge on any atom is 0.338 e. The molecule has 0 fully saturated rings. The number of rotatable bonds is 2. The molecule has 72 valence electrons. The van der Waals surface area contributed by atoms with Gasteiger partial charge in [-0.15, -0.1) is 11.6 Å². The minimum Gasteiger partial charge on any atom is -0.478 e. The van der Waals surface area contributed by atoms with E-state index in [2.05, 4.69) is 0 Å². The number of alkyl halides is 1. The lowest BCUT2D eigenvalue weighted by Gasteiger charge is -2.03. The van der Waals surface area contributed by atoms with Gasteiger partial charge in [0.15, 0.2) is 0 Å². The van der Waals surface area contributed by atoms with E-state index in [4.69, 9.17) is 22.0 Å². The molecule has 0 atom stereocenters. The van der Waals surface area contributed by atoms with Crippen LogP contribution in [0.1, 0.15) is 21.5 Å². The van der Waals surface area contributed by atoms with Gasteiger partial charge in [-0.05, 0) is 12.1 Å². The van der Waals surface area contributed by atoms with Gasteiger partial charge in [0.05, 0.1) is 23.1 Å². The van der Waals surface area contributed by atoms with Gasteiger partial charge >= 0.3 is 5.97 Å². The molecule has 0 amide bonds. The van der Waals surface area contributed by atoms with E-state index < -0.39 is 17.3 Å². The highest BCUT2D eigenvalue weighted by Gasteiger charge is 2.16. The van der Waals surface area contributed by atoms with E-state index in [1.54, 1.807) is 6.07 Å². The van der Waals surface area contributed by atoms with Crippen molar-refractivity contribution in [1.29, 1.82) is 5.26 Å². The van der Waals surface area contributed by atoms with Crippen molar-refractivity contribution in [3.8, 4) is 6.07 Å². The molecular formula is C9H5ClFNO2. The molecule has 0 heterocycles. The zero-order valence-corrected chi connectivity index (χ0v) is 7.68. The first kappa shape index (κ1) is 10.5. The van der Waals surface area contributed by atoms with Crippen LogP contribution in [-0.4, -0.2) is 11.1 Å². The molecule has 0 aliphatic rings. The van der Waals surface area contributed by atoms with Crippen molar-refractivity contribution in [1.82, 2.24) is 0 Å². The van der Waals surface area contributed by atoms with E-state index in [-0.39, 0.29) is 17.0 Å². The Balaban J connectivity index is 3.44. The molecule has 3 nitrogen and oxygen atoms in total. The minimum atomic E-state index is -1.38. The number of benzene rings is 1. The lowest BCUT2D eigenvalue weighted by atomic mass is 10.0. The number of carboxylic acids is 1. The number of nitrogens with zero attached hydrogens (tertiary/aromatic N) is 1. The summed E-state index contributed by atoms with van der Waals surface area (Å²) in [6, 6.07) is 4.02. The lowest BCUT2D eigenvalue weighted by molar-refractivity contribution is 0.0691. The Hall–Kier alpha value is -1.60. The van der Waals surface area contributed by atoms with Crippen LogP contribution in [0.15, 0.2) is 12.1 Å². The SMILES string of the molecule is N#Cc1ccc(C(=O)O)c(F)c1CCl. The summed E-state index contributed by atoms with van der Waals surface area (Å²) in [4.78, 5) is 10.5. The third kappa shape index (κ3) is 1.68. The Morgan fingerprint density at radius 3 is 2.71 bits per heavy atom. The van der Waals surface area contributed by atoms with E-state index in [9.17, 15) is 9.18 Å². The van der Waals surface area contributed by atoms with Gasteiger partial charge in [0.1, 0.15) is 5.82 Å². The van der Waals surface area contributed by atoms with Crippen LogP contribution < -0.4 is 0 Å². The first-order valence-corrected chi connectivity index (χ1v) is 4.16. The fourth-order valence-electron chi connectivity index (χ4n) is 1.02. The quantitative estimate of drug-likeness (QED) is 0.766. The van der Waals surface area contributed by atoms with Gasteiger partial charge in [0, 0.05) is 5.56 Å². The molecule has 0 aliphatic heterocycles. The number of halogens is 2. The maximum absolute atomic E-state index is 13.4. The smallest absolute Gasteiger partial charge is 0.338 e. The highest BCUT2D eigenvalue weighted by atomic mass is 35.5. The van der Waals surface area contributed by atoms with Crippen LogP contribution in [0.4, 0.5) is 4.39 Å². The van der Waals surface area contributed by atoms with Crippen LogP contribution in [-0.2, 0) is 5.88 Å². The summed E-state index contributed by atoms with van der Waals surface area (Å²) >= 11 is 5.41. The van der Waals surface area contributed by atoms with Crippen molar-refractivity contribution in [3.05, 3.63) is 34.6 Å². The fourth-order valence-corrected chi connectivity index (χ4v) is 1.28. The fraction of sp³-hybridized carbons (Fsp3) is 0.111. The molecule has 0 saturated carbocycles. The Labute approximate surface area is 84.3 Å². The molecule has 0 spiro atoms. The number of hydrogen-bond donors (Lipinski definition) is 1. The molecule has 0 unspecified atom stereocenters. The van der Waals surface area contributed by atoms with Crippen LogP contribution in [0.5, 0.6) is 0 Å². The summed E-state index contributed by atoms with van der Waals surface area (Å²) in [5.41, 5.74) is -0.490. The minimum absolute atomic E-state index is 0.0579. The van der Waals surface area contributed by atoms with Crippen molar-refractivity contribution in [2.75, 3.05) is 0 Å². The molecule has 0 bridgehead atoms. The summed E-state index contributed by atoms with van der Waals surface area (Å²) < 4.78 is 13.4. The molecule has 1 aromatic rings. The Bertz CT molecular complexity index is 426. The van der Waals surface area contributed by atoms with E-state index in [0.717, 1.165) is 6.07 Å². The van der Waals surface area contributed by atoms with Gasteiger partial charge < -0.3 is 5.11 Å². The number of hydrogen-bond acceptors (Lipinski definition) is 2. The molecule has 0 saturated heterocycles.